The quantitative estimate of drug-likeness (QED) is 0.893. The van der Waals surface area contributed by atoms with Crippen molar-refractivity contribution in [3.8, 4) is 0 Å². The second-order valence-corrected chi connectivity index (χ2v) is 6.71. The van der Waals surface area contributed by atoms with Gasteiger partial charge in [0.25, 0.3) is 0 Å². The Morgan fingerprint density at radius 2 is 2.36 bits per heavy atom. The van der Waals surface area contributed by atoms with Crippen molar-refractivity contribution in [3.63, 3.8) is 0 Å². The first-order valence-corrected chi connectivity index (χ1v) is 8.46. The number of carbonyl (C=O) groups excluding carboxylic acids is 1. The van der Waals surface area contributed by atoms with Gasteiger partial charge < -0.3 is 11.1 Å². The fourth-order valence-corrected chi connectivity index (χ4v) is 4.09. The molecule has 1 atom stereocenters. The van der Waals surface area contributed by atoms with Gasteiger partial charge in [-0.3, -0.25) is 9.69 Å². The SMILES string of the molecule is CCCNC(=O)C(C)N1CCc2c(sc3ncnc(N)c23)C1. The zero-order valence-corrected chi connectivity index (χ0v) is 13.7. The molecule has 0 spiro atoms. The highest BCUT2D eigenvalue weighted by molar-refractivity contribution is 7.18. The van der Waals surface area contributed by atoms with Crippen LogP contribution in [0.5, 0.6) is 0 Å². The van der Waals surface area contributed by atoms with Gasteiger partial charge in [0.05, 0.1) is 11.4 Å². The number of thiophene rings is 1. The van der Waals surface area contributed by atoms with Crippen molar-refractivity contribution in [1.29, 1.82) is 0 Å². The van der Waals surface area contributed by atoms with Crippen molar-refractivity contribution < 1.29 is 4.79 Å². The van der Waals surface area contributed by atoms with E-state index in [1.54, 1.807) is 11.3 Å². The molecule has 3 heterocycles. The molecule has 7 heteroatoms. The zero-order valence-electron chi connectivity index (χ0n) is 12.9. The highest BCUT2D eigenvalue weighted by atomic mass is 32.1. The highest BCUT2D eigenvalue weighted by Crippen LogP contribution is 2.36. The molecule has 0 saturated carbocycles. The molecule has 1 aliphatic heterocycles. The van der Waals surface area contributed by atoms with Crippen LogP contribution < -0.4 is 11.1 Å². The van der Waals surface area contributed by atoms with E-state index in [4.69, 9.17) is 5.73 Å². The van der Waals surface area contributed by atoms with Gasteiger partial charge in [-0.05, 0) is 25.3 Å². The van der Waals surface area contributed by atoms with Crippen LogP contribution in [0.25, 0.3) is 10.2 Å². The minimum atomic E-state index is -0.117. The van der Waals surface area contributed by atoms with Crippen molar-refractivity contribution >= 4 is 33.3 Å². The third-order valence-electron chi connectivity index (χ3n) is 4.17. The van der Waals surface area contributed by atoms with Crippen LogP contribution in [0.15, 0.2) is 6.33 Å². The van der Waals surface area contributed by atoms with E-state index in [0.29, 0.717) is 5.82 Å². The van der Waals surface area contributed by atoms with E-state index >= 15 is 0 Å². The summed E-state index contributed by atoms with van der Waals surface area (Å²) >= 11 is 1.66. The van der Waals surface area contributed by atoms with E-state index in [9.17, 15) is 4.79 Å². The van der Waals surface area contributed by atoms with Crippen molar-refractivity contribution in [3.05, 3.63) is 16.8 Å². The second kappa shape index (κ2) is 6.18. The number of rotatable bonds is 4. The van der Waals surface area contributed by atoms with Crippen LogP contribution in [0.1, 0.15) is 30.7 Å². The lowest BCUT2D eigenvalue weighted by Crippen LogP contribution is -2.46. The van der Waals surface area contributed by atoms with E-state index in [0.717, 1.165) is 42.7 Å². The Bertz CT molecular complexity index is 699. The molecule has 2 aromatic rings. The van der Waals surface area contributed by atoms with E-state index in [1.807, 2.05) is 6.92 Å². The summed E-state index contributed by atoms with van der Waals surface area (Å²) in [6.07, 6.45) is 3.35. The second-order valence-electron chi connectivity index (χ2n) is 5.63. The number of nitrogens with zero attached hydrogens (tertiary/aromatic N) is 3. The summed E-state index contributed by atoms with van der Waals surface area (Å²) in [6.45, 7) is 6.39. The first-order valence-electron chi connectivity index (χ1n) is 7.64. The number of carbonyl (C=O) groups is 1. The Hall–Kier alpha value is -1.73. The fourth-order valence-electron chi connectivity index (χ4n) is 2.86. The highest BCUT2D eigenvalue weighted by Gasteiger charge is 2.28. The molecule has 0 fully saturated rings. The number of hydrogen-bond donors (Lipinski definition) is 2. The number of nitrogens with two attached hydrogens (primary N) is 1. The van der Waals surface area contributed by atoms with Gasteiger partial charge in [0.1, 0.15) is 17.0 Å². The lowest BCUT2D eigenvalue weighted by Gasteiger charge is -2.31. The van der Waals surface area contributed by atoms with Crippen LogP contribution in [0, 0.1) is 0 Å². The van der Waals surface area contributed by atoms with Gasteiger partial charge in [-0.2, -0.15) is 0 Å². The van der Waals surface area contributed by atoms with Gasteiger partial charge in [-0.15, -0.1) is 11.3 Å². The van der Waals surface area contributed by atoms with Gasteiger partial charge >= 0.3 is 0 Å². The van der Waals surface area contributed by atoms with Gasteiger partial charge in [-0.1, -0.05) is 6.92 Å². The number of aromatic nitrogens is 2. The zero-order chi connectivity index (χ0) is 15.7. The van der Waals surface area contributed by atoms with Crippen LogP contribution in [0.4, 0.5) is 5.82 Å². The summed E-state index contributed by atoms with van der Waals surface area (Å²) in [5, 5.41) is 3.97. The lowest BCUT2D eigenvalue weighted by molar-refractivity contribution is -0.126. The van der Waals surface area contributed by atoms with E-state index in [-0.39, 0.29) is 11.9 Å². The maximum absolute atomic E-state index is 12.1. The largest absolute Gasteiger partial charge is 0.383 e. The number of fused-ring (bicyclic) bond motifs is 3. The van der Waals surface area contributed by atoms with E-state index in [1.165, 1.54) is 16.8 Å². The monoisotopic (exact) mass is 319 g/mol. The number of nitrogen functional groups attached to an aromatic ring is 1. The summed E-state index contributed by atoms with van der Waals surface area (Å²) in [7, 11) is 0. The smallest absolute Gasteiger partial charge is 0.237 e. The molecule has 6 nitrogen and oxygen atoms in total. The predicted molar refractivity (Wildman–Crippen MR) is 88.7 cm³/mol. The molecule has 2 aromatic heterocycles. The third-order valence-corrected chi connectivity index (χ3v) is 5.30. The molecule has 118 valence electrons. The maximum atomic E-state index is 12.1. The first kappa shape index (κ1) is 15.2. The van der Waals surface area contributed by atoms with Crippen molar-refractivity contribution in [2.24, 2.45) is 0 Å². The van der Waals surface area contributed by atoms with Gasteiger partial charge in [0.2, 0.25) is 5.91 Å². The normalized spacial score (nSPS) is 16.5. The number of anilines is 1. The molecule has 3 N–H and O–H groups in total. The van der Waals surface area contributed by atoms with E-state index in [2.05, 4.69) is 27.1 Å². The Morgan fingerprint density at radius 3 is 3.14 bits per heavy atom. The molecular weight excluding hydrogens is 298 g/mol. The van der Waals surface area contributed by atoms with Crippen molar-refractivity contribution in [2.45, 2.75) is 39.3 Å². The summed E-state index contributed by atoms with van der Waals surface area (Å²) in [6, 6.07) is -0.117. The molecule has 0 bridgehead atoms. The predicted octanol–water partition coefficient (Wildman–Crippen LogP) is 1.55. The molecule has 0 aromatic carbocycles. The van der Waals surface area contributed by atoms with Crippen LogP contribution >= 0.6 is 11.3 Å². The van der Waals surface area contributed by atoms with Crippen molar-refractivity contribution in [1.82, 2.24) is 20.2 Å². The summed E-state index contributed by atoms with van der Waals surface area (Å²) in [4.78, 5) is 25.0. The molecule has 0 aliphatic carbocycles. The van der Waals surface area contributed by atoms with Crippen LogP contribution in [-0.4, -0.2) is 39.9 Å². The third kappa shape index (κ3) is 2.66. The minimum absolute atomic E-state index is 0.103. The Morgan fingerprint density at radius 1 is 1.55 bits per heavy atom. The van der Waals surface area contributed by atoms with Crippen LogP contribution in [0.3, 0.4) is 0 Å². The number of hydrogen-bond acceptors (Lipinski definition) is 6. The molecule has 0 saturated heterocycles. The van der Waals surface area contributed by atoms with Crippen LogP contribution in [0.2, 0.25) is 0 Å². The summed E-state index contributed by atoms with van der Waals surface area (Å²) in [5.74, 6) is 0.662. The summed E-state index contributed by atoms with van der Waals surface area (Å²) < 4.78 is 0. The van der Waals surface area contributed by atoms with Gasteiger partial charge in [-0.25, -0.2) is 9.97 Å². The lowest BCUT2D eigenvalue weighted by atomic mass is 10.0. The topological polar surface area (TPSA) is 84.1 Å². The molecular formula is C15H21N5OS. The first-order chi connectivity index (χ1) is 10.6. The summed E-state index contributed by atoms with van der Waals surface area (Å²) in [5.41, 5.74) is 7.26. The van der Waals surface area contributed by atoms with Gasteiger partial charge in [0, 0.05) is 24.5 Å². The Balaban J connectivity index is 1.81. The standard InChI is InChI=1S/C15H21N5OS/c1-3-5-17-14(21)9(2)20-6-4-10-11(7-20)22-15-12(10)13(16)18-8-19-15/h8-9H,3-7H2,1-2H3,(H,17,21)(H2,16,18,19). The van der Waals surface area contributed by atoms with Gasteiger partial charge in [0.15, 0.2) is 0 Å². The average Bonchev–Trinajstić information content (AvgIpc) is 2.90. The number of nitrogens with one attached hydrogen (secondary N) is 1. The maximum Gasteiger partial charge on any atom is 0.237 e. The average molecular weight is 319 g/mol. The molecule has 0 radical (unpaired) electrons. The Kier molecular flexibility index (Phi) is 4.26. The number of amides is 1. The van der Waals surface area contributed by atoms with Crippen LogP contribution in [-0.2, 0) is 17.8 Å². The fraction of sp³-hybridized carbons (Fsp3) is 0.533. The Labute approximate surface area is 133 Å². The molecule has 1 unspecified atom stereocenters. The molecule has 3 rings (SSSR count). The van der Waals surface area contributed by atoms with Crippen molar-refractivity contribution in [2.75, 3.05) is 18.8 Å². The molecule has 22 heavy (non-hydrogen) atoms. The minimum Gasteiger partial charge on any atom is -0.383 e. The van der Waals surface area contributed by atoms with E-state index < -0.39 is 0 Å². The molecule has 1 aliphatic rings. The molecule has 1 amide bonds.